The fourth-order valence-electron chi connectivity index (χ4n) is 1.58. The fourth-order valence-corrected chi connectivity index (χ4v) is 1.58. The molecule has 0 aliphatic carbocycles. The first-order chi connectivity index (χ1) is 8.10. The summed E-state index contributed by atoms with van der Waals surface area (Å²) >= 11 is 0. The highest BCUT2D eigenvalue weighted by Crippen LogP contribution is 2.21. The standard InChI is InChI=1S/C12H17NO4/c1-8-4-3-5-10(12(15)16)11(8)13-9(6-14)7-17-2/h3-5,9,13-14H,6-7H2,1-2H3,(H,15,16). The molecule has 0 heterocycles. The Morgan fingerprint density at radius 2 is 2.24 bits per heavy atom. The summed E-state index contributed by atoms with van der Waals surface area (Å²) in [6.07, 6.45) is 0. The van der Waals surface area contributed by atoms with Crippen molar-refractivity contribution in [3.05, 3.63) is 29.3 Å². The molecule has 5 heteroatoms. The summed E-state index contributed by atoms with van der Waals surface area (Å²) in [5.74, 6) is -0.995. The van der Waals surface area contributed by atoms with E-state index in [0.29, 0.717) is 12.3 Å². The summed E-state index contributed by atoms with van der Waals surface area (Å²) in [6, 6.07) is 4.71. The minimum Gasteiger partial charge on any atom is -0.478 e. The normalized spacial score (nSPS) is 12.2. The van der Waals surface area contributed by atoms with Crippen molar-refractivity contribution >= 4 is 11.7 Å². The van der Waals surface area contributed by atoms with E-state index < -0.39 is 5.97 Å². The van der Waals surface area contributed by atoms with Gasteiger partial charge in [-0.05, 0) is 18.6 Å². The summed E-state index contributed by atoms with van der Waals surface area (Å²) < 4.78 is 4.94. The van der Waals surface area contributed by atoms with Crippen molar-refractivity contribution in [3.63, 3.8) is 0 Å². The first-order valence-corrected chi connectivity index (χ1v) is 5.29. The van der Waals surface area contributed by atoms with Crippen LogP contribution in [0.25, 0.3) is 0 Å². The van der Waals surface area contributed by atoms with Gasteiger partial charge in [0.1, 0.15) is 0 Å². The summed E-state index contributed by atoms with van der Waals surface area (Å²) in [5.41, 5.74) is 1.54. The van der Waals surface area contributed by atoms with Crippen LogP contribution in [0.2, 0.25) is 0 Å². The zero-order chi connectivity index (χ0) is 12.8. The summed E-state index contributed by atoms with van der Waals surface area (Å²) in [6.45, 7) is 2.00. The van der Waals surface area contributed by atoms with E-state index in [0.717, 1.165) is 5.56 Å². The van der Waals surface area contributed by atoms with Crippen LogP contribution in [0, 0.1) is 6.92 Å². The predicted molar refractivity (Wildman–Crippen MR) is 64.5 cm³/mol. The van der Waals surface area contributed by atoms with Crippen molar-refractivity contribution in [1.29, 1.82) is 0 Å². The molecule has 0 aliphatic heterocycles. The number of hydrogen-bond donors (Lipinski definition) is 3. The van der Waals surface area contributed by atoms with Gasteiger partial charge in [-0.15, -0.1) is 0 Å². The van der Waals surface area contributed by atoms with Gasteiger partial charge in [0.05, 0.1) is 30.5 Å². The van der Waals surface area contributed by atoms with Crippen LogP contribution in [0.1, 0.15) is 15.9 Å². The number of carboxylic acid groups (broad SMARTS) is 1. The van der Waals surface area contributed by atoms with Crippen molar-refractivity contribution < 1.29 is 19.7 Å². The number of carboxylic acids is 1. The molecule has 0 fully saturated rings. The highest BCUT2D eigenvalue weighted by molar-refractivity contribution is 5.95. The molecule has 0 saturated heterocycles. The molecular formula is C12H17NO4. The molecule has 0 bridgehead atoms. The Morgan fingerprint density at radius 3 is 2.76 bits per heavy atom. The zero-order valence-electron chi connectivity index (χ0n) is 9.93. The van der Waals surface area contributed by atoms with Gasteiger partial charge in [-0.2, -0.15) is 0 Å². The number of methoxy groups -OCH3 is 1. The molecule has 0 spiro atoms. The van der Waals surface area contributed by atoms with Gasteiger partial charge in [0.15, 0.2) is 0 Å². The molecule has 1 aromatic carbocycles. The van der Waals surface area contributed by atoms with Gasteiger partial charge >= 0.3 is 5.97 Å². The maximum atomic E-state index is 11.1. The van der Waals surface area contributed by atoms with Crippen LogP contribution in [0.3, 0.4) is 0 Å². The molecular weight excluding hydrogens is 222 g/mol. The molecule has 1 aromatic rings. The molecule has 0 saturated carbocycles. The number of hydrogen-bond acceptors (Lipinski definition) is 4. The Morgan fingerprint density at radius 1 is 1.53 bits per heavy atom. The Bertz CT molecular complexity index is 392. The van der Waals surface area contributed by atoms with Crippen molar-refractivity contribution in [2.75, 3.05) is 25.6 Å². The third-order valence-electron chi connectivity index (χ3n) is 2.44. The van der Waals surface area contributed by atoms with Crippen molar-refractivity contribution in [1.82, 2.24) is 0 Å². The lowest BCUT2D eigenvalue weighted by molar-refractivity contribution is 0.0697. The molecule has 17 heavy (non-hydrogen) atoms. The first-order valence-electron chi connectivity index (χ1n) is 5.29. The number of aliphatic hydroxyl groups is 1. The smallest absolute Gasteiger partial charge is 0.337 e. The Kier molecular flexibility index (Phi) is 4.93. The van der Waals surface area contributed by atoms with Gasteiger partial charge in [0.2, 0.25) is 0 Å². The molecule has 1 unspecified atom stereocenters. The van der Waals surface area contributed by atoms with Gasteiger partial charge in [-0.25, -0.2) is 4.79 Å². The second-order valence-corrected chi connectivity index (χ2v) is 3.78. The highest BCUT2D eigenvalue weighted by Gasteiger charge is 2.15. The van der Waals surface area contributed by atoms with E-state index in [-0.39, 0.29) is 18.2 Å². The maximum Gasteiger partial charge on any atom is 0.337 e. The second kappa shape index (κ2) is 6.22. The quantitative estimate of drug-likeness (QED) is 0.693. The number of rotatable bonds is 6. The van der Waals surface area contributed by atoms with E-state index in [1.165, 1.54) is 13.2 Å². The third-order valence-corrected chi connectivity index (χ3v) is 2.44. The third kappa shape index (κ3) is 3.44. The van der Waals surface area contributed by atoms with E-state index >= 15 is 0 Å². The molecule has 0 aromatic heterocycles. The summed E-state index contributed by atoms with van der Waals surface area (Å²) in [4.78, 5) is 11.1. The molecule has 94 valence electrons. The van der Waals surface area contributed by atoms with E-state index in [1.807, 2.05) is 13.0 Å². The lowest BCUT2D eigenvalue weighted by Gasteiger charge is -2.19. The SMILES string of the molecule is COCC(CO)Nc1c(C)cccc1C(=O)O. The van der Waals surface area contributed by atoms with Crippen LogP contribution < -0.4 is 5.32 Å². The lowest BCUT2D eigenvalue weighted by Crippen LogP contribution is -2.30. The molecule has 1 rings (SSSR count). The molecule has 0 amide bonds. The molecule has 3 N–H and O–H groups in total. The number of aryl methyl sites for hydroxylation is 1. The minimum atomic E-state index is -0.995. The molecule has 0 radical (unpaired) electrons. The van der Waals surface area contributed by atoms with Crippen molar-refractivity contribution in [3.8, 4) is 0 Å². The van der Waals surface area contributed by atoms with Crippen LogP contribution >= 0.6 is 0 Å². The van der Waals surface area contributed by atoms with Gasteiger partial charge in [0.25, 0.3) is 0 Å². The average Bonchev–Trinajstić information content (AvgIpc) is 2.30. The van der Waals surface area contributed by atoms with Gasteiger partial charge in [0, 0.05) is 7.11 Å². The second-order valence-electron chi connectivity index (χ2n) is 3.78. The Labute approximate surface area is 100 Å². The Balaban J connectivity index is 2.99. The van der Waals surface area contributed by atoms with Gasteiger partial charge in [-0.1, -0.05) is 12.1 Å². The number of carbonyl (C=O) groups is 1. The summed E-state index contributed by atoms with van der Waals surface area (Å²) in [7, 11) is 1.53. The number of nitrogens with one attached hydrogen (secondary N) is 1. The van der Waals surface area contributed by atoms with E-state index in [9.17, 15) is 4.79 Å². The average molecular weight is 239 g/mol. The zero-order valence-corrected chi connectivity index (χ0v) is 9.93. The number of aromatic carboxylic acids is 1. The van der Waals surface area contributed by atoms with Crippen molar-refractivity contribution in [2.24, 2.45) is 0 Å². The number of aliphatic hydroxyl groups excluding tert-OH is 1. The highest BCUT2D eigenvalue weighted by atomic mass is 16.5. The monoisotopic (exact) mass is 239 g/mol. The van der Waals surface area contributed by atoms with E-state index in [1.54, 1.807) is 6.07 Å². The molecule has 1 atom stereocenters. The number of ether oxygens (including phenoxy) is 1. The topological polar surface area (TPSA) is 78.8 Å². The van der Waals surface area contributed by atoms with E-state index in [2.05, 4.69) is 5.32 Å². The van der Waals surface area contributed by atoms with Crippen molar-refractivity contribution in [2.45, 2.75) is 13.0 Å². The summed E-state index contributed by atoms with van der Waals surface area (Å²) in [5, 5.41) is 21.2. The molecule has 5 nitrogen and oxygen atoms in total. The maximum absolute atomic E-state index is 11.1. The predicted octanol–water partition coefficient (Wildman–Crippen LogP) is 1.11. The van der Waals surface area contributed by atoms with Crippen LogP contribution in [0.4, 0.5) is 5.69 Å². The van der Waals surface area contributed by atoms with Crippen LogP contribution in [0.5, 0.6) is 0 Å². The van der Waals surface area contributed by atoms with Crippen LogP contribution in [-0.2, 0) is 4.74 Å². The number of benzene rings is 1. The first kappa shape index (κ1) is 13.5. The number of anilines is 1. The number of para-hydroxylation sites is 1. The minimum absolute atomic E-state index is 0.124. The Hall–Kier alpha value is -1.59. The largest absolute Gasteiger partial charge is 0.478 e. The van der Waals surface area contributed by atoms with Gasteiger partial charge < -0.3 is 20.3 Å². The van der Waals surface area contributed by atoms with Crippen LogP contribution in [0.15, 0.2) is 18.2 Å². The van der Waals surface area contributed by atoms with E-state index in [4.69, 9.17) is 14.9 Å². The molecule has 0 aliphatic rings. The fraction of sp³-hybridized carbons (Fsp3) is 0.417. The van der Waals surface area contributed by atoms with Crippen LogP contribution in [-0.4, -0.2) is 42.5 Å². The van der Waals surface area contributed by atoms with Gasteiger partial charge in [-0.3, -0.25) is 0 Å². The lowest BCUT2D eigenvalue weighted by atomic mass is 10.1.